The Bertz CT molecular complexity index is 991. The fourth-order valence-electron chi connectivity index (χ4n) is 2.50. The molecule has 0 radical (unpaired) electrons. The van der Waals surface area contributed by atoms with E-state index in [2.05, 4.69) is 15.8 Å². The zero-order valence-corrected chi connectivity index (χ0v) is 16.5. The van der Waals surface area contributed by atoms with E-state index in [1.165, 1.54) is 0 Å². The molecule has 148 valence electrons. The van der Waals surface area contributed by atoms with E-state index in [1.54, 1.807) is 43.7 Å². The van der Waals surface area contributed by atoms with Gasteiger partial charge in [0.1, 0.15) is 11.5 Å². The van der Waals surface area contributed by atoms with Gasteiger partial charge in [0, 0.05) is 10.6 Å². The number of nitrogens with zero attached hydrogens (tertiary/aromatic N) is 1. The summed E-state index contributed by atoms with van der Waals surface area (Å²) < 4.78 is 10.9. The van der Waals surface area contributed by atoms with Crippen molar-refractivity contribution in [2.24, 2.45) is 5.10 Å². The number of anilines is 2. The van der Waals surface area contributed by atoms with Gasteiger partial charge in [0.05, 0.1) is 24.7 Å². The Morgan fingerprint density at radius 2 is 1.69 bits per heavy atom. The van der Waals surface area contributed by atoms with Crippen LogP contribution in [-0.2, 0) is 4.79 Å². The van der Waals surface area contributed by atoms with E-state index in [-0.39, 0.29) is 12.5 Å². The lowest BCUT2D eigenvalue weighted by atomic mass is 10.2. The normalized spacial score (nSPS) is 10.6. The molecule has 0 atom stereocenters. The third kappa shape index (κ3) is 5.99. The summed E-state index contributed by atoms with van der Waals surface area (Å²) in [5.41, 5.74) is 5.05. The highest BCUT2D eigenvalue weighted by Gasteiger charge is 2.09. The molecule has 0 aliphatic rings. The Balaban J connectivity index is 1.59. The highest BCUT2D eigenvalue weighted by Crippen LogP contribution is 2.23. The molecule has 0 saturated carbocycles. The van der Waals surface area contributed by atoms with E-state index in [0.29, 0.717) is 22.2 Å². The monoisotopic (exact) mass is 409 g/mol. The molecule has 3 rings (SSSR count). The molecule has 3 aromatic carbocycles. The SMILES string of the molecule is COc1ccccc1NC(=O)COc1ccccc1C=NNc1ccc(Cl)cc1. The third-order valence-corrected chi connectivity index (χ3v) is 4.15. The molecule has 0 fully saturated rings. The first-order chi connectivity index (χ1) is 14.2. The first-order valence-corrected chi connectivity index (χ1v) is 9.23. The van der Waals surface area contributed by atoms with Crippen LogP contribution < -0.4 is 20.2 Å². The van der Waals surface area contributed by atoms with Crippen molar-refractivity contribution in [3.63, 3.8) is 0 Å². The molecule has 0 unspecified atom stereocenters. The molecule has 0 bridgehead atoms. The van der Waals surface area contributed by atoms with Gasteiger partial charge in [0.15, 0.2) is 6.61 Å². The lowest BCUT2D eigenvalue weighted by Crippen LogP contribution is -2.20. The minimum Gasteiger partial charge on any atom is -0.495 e. The maximum absolute atomic E-state index is 12.2. The van der Waals surface area contributed by atoms with Gasteiger partial charge in [-0.25, -0.2) is 0 Å². The number of nitrogens with one attached hydrogen (secondary N) is 2. The van der Waals surface area contributed by atoms with Crippen LogP contribution in [0.15, 0.2) is 77.9 Å². The number of carbonyl (C=O) groups excluding carboxylic acids is 1. The standard InChI is InChI=1S/C22H20ClN3O3/c1-28-21-9-5-3-7-19(21)25-22(27)15-29-20-8-4-2-6-16(20)14-24-26-18-12-10-17(23)11-13-18/h2-14,26H,15H2,1H3,(H,25,27). The van der Waals surface area contributed by atoms with Gasteiger partial charge in [-0.05, 0) is 48.5 Å². The second kappa shape index (κ2) is 10.1. The van der Waals surface area contributed by atoms with Crippen molar-refractivity contribution in [1.82, 2.24) is 0 Å². The molecule has 0 aliphatic carbocycles. The van der Waals surface area contributed by atoms with Crippen molar-refractivity contribution in [1.29, 1.82) is 0 Å². The maximum Gasteiger partial charge on any atom is 0.262 e. The number of hydrogen-bond donors (Lipinski definition) is 2. The molecular weight excluding hydrogens is 390 g/mol. The molecule has 7 heteroatoms. The lowest BCUT2D eigenvalue weighted by molar-refractivity contribution is -0.118. The van der Waals surface area contributed by atoms with Crippen LogP contribution in [0.4, 0.5) is 11.4 Å². The molecule has 0 aromatic heterocycles. The number of hydrogen-bond acceptors (Lipinski definition) is 5. The average molecular weight is 410 g/mol. The number of ether oxygens (including phenoxy) is 2. The van der Waals surface area contributed by atoms with Crippen molar-refractivity contribution in [2.45, 2.75) is 0 Å². The van der Waals surface area contributed by atoms with E-state index in [0.717, 1.165) is 11.3 Å². The Morgan fingerprint density at radius 3 is 2.45 bits per heavy atom. The Hall–Kier alpha value is -3.51. The number of benzene rings is 3. The van der Waals surface area contributed by atoms with Crippen molar-refractivity contribution in [2.75, 3.05) is 24.5 Å². The van der Waals surface area contributed by atoms with Gasteiger partial charge in [0.25, 0.3) is 5.91 Å². The van der Waals surface area contributed by atoms with Crippen LogP contribution in [0, 0.1) is 0 Å². The zero-order chi connectivity index (χ0) is 20.5. The van der Waals surface area contributed by atoms with Crippen LogP contribution in [0.1, 0.15) is 5.56 Å². The summed E-state index contributed by atoms with van der Waals surface area (Å²) >= 11 is 5.87. The Kier molecular flexibility index (Phi) is 7.08. The summed E-state index contributed by atoms with van der Waals surface area (Å²) in [4.78, 5) is 12.2. The predicted molar refractivity (Wildman–Crippen MR) is 116 cm³/mol. The van der Waals surface area contributed by atoms with Crippen LogP contribution >= 0.6 is 11.6 Å². The molecule has 2 N–H and O–H groups in total. The summed E-state index contributed by atoms with van der Waals surface area (Å²) in [5.74, 6) is 0.839. The molecule has 0 aliphatic heterocycles. The minimum absolute atomic E-state index is 0.145. The number of methoxy groups -OCH3 is 1. The molecule has 0 heterocycles. The van der Waals surface area contributed by atoms with Gasteiger partial charge in [-0.15, -0.1) is 0 Å². The number of hydrazone groups is 1. The maximum atomic E-state index is 12.2. The van der Waals surface area contributed by atoms with Crippen molar-refractivity contribution >= 4 is 35.1 Å². The van der Waals surface area contributed by atoms with Gasteiger partial charge in [-0.2, -0.15) is 5.10 Å². The number of carbonyl (C=O) groups is 1. The van der Waals surface area contributed by atoms with Crippen molar-refractivity contribution in [3.8, 4) is 11.5 Å². The van der Waals surface area contributed by atoms with Crippen LogP contribution in [0.25, 0.3) is 0 Å². The summed E-state index contributed by atoms with van der Waals surface area (Å²) in [6, 6.07) is 21.7. The molecule has 0 spiro atoms. The van der Waals surface area contributed by atoms with E-state index in [9.17, 15) is 4.79 Å². The summed E-state index contributed by atoms with van der Waals surface area (Å²) in [6.07, 6.45) is 1.63. The van der Waals surface area contributed by atoms with Crippen LogP contribution in [-0.4, -0.2) is 25.8 Å². The molecule has 3 aromatic rings. The number of halogens is 1. The quantitative estimate of drug-likeness (QED) is 0.413. The Morgan fingerprint density at radius 1 is 1.00 bits per heavy atom. The molecular formula is C22H20ClN3O3. The first kappa shape index (κ1) is 20.2. The second-order valence-electron chi connectivity index (χ2n) is 5.95. The van der Waals surface area contributed by atoms with Crippen molar-refractivity contribution in [3.05, 3.63) is 83.4 Å². The van der Waals surface area contributed by atoms with Gasteiger partial charge in [0.2, 0.25) is 0 Å². The smallest absolute Gasteiger partial charge is 0.262 e. The van der Waals surface area contributed by atoms with E-state index in [4.69, 9.17) is 21.1 Å². The summed E-state index contributed by atoms with van der Waals surface area (Å²) in [5, 5.41) is 7.64. The molecule has 29 heavy (non-hydrogen) atoms. The third-order valence-electron chi connectivity index (χ3n) is 3.90. The van der Waals surface area contributed by atoms with E-state index in [1.807, 2.05) is 42.5 Å². The van der Waals surface area contributed by atoms with Gasteiger partial charge in [-0.3, -0.25) is 10.2 Å². The molecule has 1 amide bonds. The fraction of sp³-hybridized carbons (Fsp3) is 0.0909. The van der Waals surface area contributed by atoms with Gasteiger partial charge < -0.3 is 14.8 Å². The predicted octanol–water partition coefficient (Wildman–Crippen LogP) is 4.81. The van der Waals surface area contributed by atoms with Crippen molar-refractivity contribution < 1.29 is 14.3 Å². The summed E-state index contributed by atoms with van der Waals surface area (Å²) in [6.45, 7) is -0.145. The average Bonchev–Trinajstić information content (AvgIpc) is 2.75. The summed E-state index contributed by atoms with van der Waals surface area (Å²) in [7, 11) is 1.55. The zero-order valence-electron chi connectivity index (χ0n) is 15.8. The number of amides is 1. The Labute approximate surface area is 174 Å². The van der Waals surface area contributed by atoms with E-state index < -0.39 is 0 Å². The highest BCUT2D eigenvalue weighted by atomic mass is 35.5. The lowest BCUT2D eigenvalue weighted by Gasteiger charge is -2.11. The highest BCUT2D eigenvalue weighted by molar-refractivity contribution is 6.30. The number of rotatable bonds is 8. The second-order valence-corrected chi connectivity index (χ2v) is 6.39. The topological polar surface area (TPSA) is 72.0 Å². The largest absolute Gasteiger partial charge is 0.495 e. The molecule has 6 nitrogen and oxygen atoms in total. The van der Waals surface area contributed by atoms with Gasteiger partial charge in [-0.1, -0.05) is 35.9 Å². The van der Waals surface area contributed by atoms with Gasteiger partial charge >= 0.3 is 0 Å². The van der Waals surface area contributed by atoms with Crippen LogP contribution in [0.3, 0.4) is 0 Å². The van der Waals surface area contributed by atoms with Crippen LogP contribution in [0.5, 0.6) is 11.5 Å². The van der Waals surface area contributed by atoms with Crippen LogP contribution in [0.2, 0.25) is 5.02 Å². The minimum atomic E-state index is -0.291. The first-order valence-electron chi connectivity index (χ1n) is 8.85. The molecule has 0 saturated heterocycles. The number of para-hydroxylation sites is 3. The fourth-order valence-corrected chi connectivity index (χ4v) is 2.62. The van der Waals surface area contributed by atoms with E-state index >= 15 is 0 Å².